The van der Waals surface area contributed by atoms with Crippen LogP contribution in [0.1, 0.15) is 16.7 Å². The molecule has 0 heterocycles. The van der Waals surface area contributed by atoms with Crippen LogP contribution in [0, 0.1) is 0 Å². The van der Waals surface area contributed by atoms with E-state index < -0.39 is 11.7 Å². The van der Waals surface area contributed by atoms with E-state index in [1.807, 2.05) is 0 Å². The smallest absolute Gasteiger partial charge is 0.392 e. The number of hydrogen-bond acceptors (Lipinski definition) is 2. The Morgan fingerprint density at radius 1 is 1.00 bits per heavy atom. The molecule has 0 amide bonds. The molecule has 2 aromatic carbocycles. The summed E-state index contributed by atoms with van der Waals surface area (Å²) in [5.41, 5.74) is 1.30. The first-order valence-electron chi connectivity index (χ1n) is 6.09. The van der Waals surface area contributed by atoms with E-state index in [2.05, 4.69) is 5.32 Å². The fraction of sp³-hybridized carbons (Fsp3) is 0.200. The highest BCUT2D eigenvalue weighted by Gasteiger charge is 2.30. The highest BCUT2D eigenvalue weighted by molar-refractivity contribution is 5.51. The number of benzene rings is 2. The lowest BCUT2D eigenvalue weighted by molar-refractivity contribution is -0.137. The average molecular weight is 281 g/mol. The van der Waals surface area contributed by atoms with Gasteiger partial charge in [-0.1, -0.05) is 30.3 Å². The lowest BCUT2D eigenvalue weighted by Gasteiger charge is -2.12. The van der Waals surface area contributed by atoms with Crippen LogP contribution in [0.25, 0.3) is 0 Å². The summed E-state index contributed by atoms with van der Waals surface area (Å²) < 4.78 is 37.8. The summed E-state index contributed by atoms with van der Waals surface area (Å²) in [7, 11) is 0. The Labute approximate surface area is 114 Å². The van der Waals surface area contributed by atoms with Crippen molar-refractivity contribution in [2.45, 2.75) is 19.3 Å². The Bertz CT molecular complexity index is 581. The van der Waals surface area contributed by atoms with Crippen LogP contribution in [0.4, 0.5) is 18.9 Å². The van der Waals surface area contributed by atoms with Gasteiger partial charge in [-0.3, -0.25) is 0 Å². The second kappa shape index (κ2) is 5.96. The third-order valence-corrected chi connectivity index (χ3v) is 2.92. The fourth-order valence-electron chi connectivity index (χ4n) is 1.89. The number of para-hydroxylation sites is 1. The van der Waals surface area contributed by atoms with Crippen LogP contribution in [0.2, 0.25) is 0 Å². The number of halogens is 3. The van der Waals surface area contributed by atoms with Crippen molar-refractivity contribution in [3.8, 4) is 0 Å². The molecule has 20 heavy (non-hydrogen) atoms. The van der Waals surface area contributed by atoms with Crippen molar-refractivity contribution < 1.29 is 18.3 Å². The van der Waals surface area contributed by atoms with E-state index in [1.54, 1.807) is 30.3 Å². The molecule has 0 atom stereocenters. The molecule has 2 aromatic rings. The number of anilines is 1. The molecule has 0 saturated heterocycles. The topological polar surface area (TPSA) is 32.3 Å². The Morgan fingerprint density at radius 3 is 2.45 bits per heavy atom. The number of alkyl halides is 3. The first kappa shape index (κ1) is 14.4. The Kier molecular flexibility index (Phi) is 4.29. The maximum atomic E-state index is 12.6. The standard InChI is InChI=1S/C15H14F3NO/c16-15(17,18)13-6-3-4-11(8-13)9-19-14-7-2-1-5-12(14)10-20/h1-8,19-20H,9-10H2. The summed E-state index contributed by atoms with van der Waals surface area (Å²) in [6, 6.07) is 12.3. The Balaban J connectivity index is 2.11. The minimum Gasteiger partial charge on any atom is -0.392 e. The molecule has 0 spiro atoms. The predicted octanol–water partition coefficient (Wildman–Crippen LogP) is 3.81. The predicted molar refractivity (Wildman–Crippen MR) is 71.1 cm³/mol. The molecule has 0 radical (unpaired) electrons. The maximum Gasteiger partial charge on any atom is 0.416 e. The molecule has 106 valence electrons. The number of aliphatic hydroxyl groups is 1. The van der Waals surface area contributed by atoms with Gasteiger partial charge in [0.15, 0.2) is 0 Å². The fourth-order valence-corrected chi connectivity index (χ4v) is 1.89. The van der Waals surface area contributed by atoms with E-state index in [4.69, 9.17) is 0 Å². The van der Waals surface area contributed by atoms with Crippen LogP contribution >= 0.6 is 0 Å². The van der Waals surface area contributed by atoms with E-state index in [0.29, 0.717) is 16.8 Å². The zero-order valence-electron chi connectivity index (χ0n) is 10.6. The summed E-state index contributed by atoms with van der Waals surface area (Å²) in [5.74, 6) is 0. The van der Waals surface area contributed by atoms with Crippen LogP contribution in [-0.4, -0.2) is 5.11 Å². The van der Waals surface area contributed by atoms with Gasteiger partial charge in [0.2, 0.25) is 0 Å². The van der Waals surface area contributed by atoms with Gasteiger partial charge in [0.1, 0.15) is 0 Å². The normalized spacial score (nSPS) is 11.4. The molecule has 2 N–H and O–H groups in total. The van der Waals surface area contributed by atoms with Crippen LogP contribution < -0.4 is 5.32 Å². The first-order valence-corrected chi connectivity index (χ1v) is 6.09. The van der Waals surface area contributed by atoms with Crippen molar-refractivity contribution in [1.29, 1.82) is 0 Å². The van der Waals surface area contributed by atoms with Gasteiger partial charge in [-0.25, -0.2) is 0 Å². The van der Waals surface area contributed by atoms with E-state index in [0.717, 1.165) is 12.1 Å². The number of hydrogen-bond donors (Lipinski definition) is 2. The first-order chi connectivity index (χ1) is 9.50. The van der Waals surface area contributed by atoms with Gasteiger partial charge in [0.25, 0.3) is 0 Å². The molecule has 0 saturated carbocycles. The summed E-state index contributed by atoms with van der Waals surface area (Å²) in [6.45, 7) is 0.146. The lowest BCUT2D eigenvalue weighted by Crippen LogP contribution is -2.07. The third-order valence-electron chi connectivity index (χ3n) is 2.92. The SMILES string of the molecule is OCc1ccccc1NCc1cccc(C(F)(F)F)c1. The summed E-state index contributed by atoms with van der Waals surface area (Å²) in [5, 5.41) is 12.2. The largest absolute Gasteiger partial charge is 0.416 e. The van der Waals surface area contributed by atoms with Crippen LogP contribution in [-0.2, 0) is 19.3 Å². The molecule has 0 bridgehead atoms. The highest BCUT2D eigenvalue weighted by atomic mass is 19.4. The molecular formula is C15H14F3NO. The van der Waals surface area contributed by atoms with Crippen LogP contribution in [0.5, 0.6) is 0 Å². The second-order valence-electron chi connectivity index (χ2n) is 4.37. The van der Waals surface area contributed by atoms with Crippen molar-refractivity contribution in [3.63, 3.8) is 0 Å². The zero-order chi connectivity index (χ0) is 14.6. The van der Waals surface area contributed by atoms with Crippen molar-refractivity contribution in [1.82, 2.24) is 0 Å². The van der Waals surface area contributed by atoms with Gasteiger partial charge in [-0.2, -0.15) is 13.2 Å². The van der Waals surface area contributed by atoms with E-state index in [1.165, 1.54) is 6.07 Å². The Morgan fingerprint density at radius 2 is 1.75 bits per heavy atom. The van der Waals surface area contributed by atoms with Gasteiger partial charge >= 0.3 is 6.18 Å². The van der Waals surface area contributed by atoms with Gasteiger partial charge in [-0.15, -0.1) is 0 Å². The highest BCUT2D eigenvalue weighted by Crippen LogP contribution is 2.29. The lowest BCUT2D eigenvalue weighted by atomic mass is 10.1. The van der Waals surface area contributed by atoms with E-state index in [9.17, 15) is 18.3 Å². The molecular weight excluding hydrogens is 267 g/mol. The van der Waals surface area contributed by atoms with Crippen LogP contribution in [0.3, 0.4) is 0 Å². The van der Waals surface area contributed by atoms with Crippen molar-refractivity contribution in [2.75, 3.05) is 5.32 Å². The summed E-state index contributed by atoms with van der Waals surface area (Å²) in [4.78, 5) is 0. The van der Waals surface area contributed by atoms with E-state index >= 15 is 0 Å². The van der Waals surface area contributed by atoms with Crippen molar-refractivity contribution in [3.05, 3.63) is 65.2 Å². The summed E-state index contributed by atoms with van der Waals surface area (Å²) in [6.07, 6.45) is -4.33. The number of aliphatic hydroxyl groups excluding tert-OH is 1. The number of nitrogens with one attached hydrogen (secondary N) is 1. The molecule has 0 aliphatic rings. The van der Waals surface area contributed by atoms with Gasteiger partial charge in [-0.05, 0) is 23.8 Å². The minimum atomic E-state index is -4.33. The molecule has 2 rings (SSSR count). The zero-order valence-corrected chi connectivity index (χ0v) is 10.6. The Hall–Kier alpha value is -2.01. The summed E-state index contributed by atoms with van der Waals surface area (Å²) >= 11 is 0. The molecule has 0 aliphatic carbocycles. The second-order valence-corrected chi connectivity index (χ2v) is 4.37. The molecule has 2 nitrogen and oxygen atoms in total. The van der Waals surface area contributed by atoms with Gasteiger partial charge < -0.3 is 10.4 Å². The molecule has 0 aromatic heterocycles. The maximum absolute atomic E-state index is 12.6. The quantitative estimate of drug-likeness (QED) is 0.893. The molecule has 5 heteroatoms. The van der Waals surface area contributed by atoms with Crippen LogP contribution in [0.15, 0.2) is 48.5 Å². The van der Waals surface area contributed by atoms with Gasteiger partial charge in [0.05, 0.1) is 12.2 Å². The van der Waals surface area contributed by atoms with Gasteiger partial charge in [0, 0.05) is 17.8 Å². The average Bonchev–Trinajstić information content (AvgIpc) is 2.45. The van der Waals surface area contributed by atoms with Crippen molar-refractivity contribution in [2.24, 2.45) is 0 Å². The molecule has 0 fully saturated rings. The number of rotatable bonds is 4. The van der Waals surface area contributed by atoms with E-state index in [-0.39, 0.29) is 13.2 Å². The monoisotopic (exact) mass is 281 g/mol. The molecule has 0 unspecified atom stereocenters. The third kappa shape index (κ3) is 3.51. The van der Waals surface area contributed by atoms with Crippen molar-refractivity contribution >= 4 is 5.69 Å². The minimum absolute atomic E-state index is 0.119. The molecule has 0 aliphatic heterocycles.